The molecule has 114 valence electrons. The second-order valence-corrected chi connectivity index (χ2v) is 6.96. The third-order valence-electron chi connectivity index (χ3n) is 4.60. The Morgan fingerprint density at radius 3 is 3.00 bits per heavy atom. The third kappa shape index (κ3) is 1.93. The summed E-state index contributed by atoms with van der Waals surface area (Å²) < 4.78 is 15.9. The lowest BCUT2D eigenvalue weighted by Gasteiger charge is -2.40. The molecule has 3 heterocycles. The first-order valence-electron chi connectivity index (χ1n) is 7.66. The molecule has 0 fully saturated rings. The minimum atomic E-state index is -0.179. The Balaban J connectivity index is 1.70. The van der Waals surface area contributed by atoms with Crippen LogP contribution in [0.5, 0.6) is 0 Å². The van der Waals surface area contributed by atoms with E-state index in [9.17, 15) is 4.39 Å². The molecule has 2 aromatic carbocycles. The fourth-order valence-electron chi connectivity index (χ4n) is 3.61. The van der Waals surface area contributed by atoms with Crippen LogP contribution in [0.15, 0.2) is 64.9 Å². The van der Waals surface area contributed by atoms with Gasteiger partial charge in [0.25, 0.3) is 0 Å². The summed E-state index contributed by atoms with van der Waals surface area (Å²) in [5.74, 6) is -0.179. The van der Waals surface area contributed by atoms with Crippen LogP contribution in [0.1, 0.15) is 18.0 Å². The predicted molar refractivity (Wildman–Crippen MR) is 89.0 cm³/mol. The van der Waals surface area contributed by atoms with Gasteiger partial charge in [-0.3, -0.25) is 0 Å². The van der Waals surface area contributed by atoms with Gasteiger partial charge in [0, 0.05) is 28.7 Å². The minimum absolute atomic E-state index is 0.179. The SMILES string of the molecule is Fc1ccc2c(c1)N1CCC(n3ccnc3)c3cccc(c31)S2. The highest BCUT2D eigenvalue weighted by Gasteiger charge is 2.33. The van der Waals surface area contributed by atoms with Crippen molar-refractivity contribution in [2.45, 2.75) is 22.3 Å². The molecule has 0 saturated carbocycles. The Bertz CT molecular complexity index is 891. The van der Waals surface area contributed by atoms with Crippen LogP contribution in [0.25, 0.3) is 0 Å². The molecular weight excluding hydrogens is 309 g/mol. The lowest BCUT2D eigenvalue weighted by Crippen LogP contribution is -2.31. The third-order valence-corrected chi connectivity index (χ3v) is 5.72. The van der Waals surface area contributed by atoms with Crippen LogP contribution in [0.3, 0.4) is 0 Å². The van der Waals surface area contributed by atoms with Crippen LogP contribution < -0.4 is 4.90 Å². The molecule has 1 unspecified atom stereocenters. The lowest BCUT2D eigenvalue weighted by molar-refractivity contribution is 0.521. The number of anilines is 2. The fourth-order valence-corrected chi connectivity index (χ4v) is 4.73. The van der Waals surface area contributed by atoms with E-state index in [1.807, 2.05) is 24.8 Å². The summed E-state index contributed by atoms with van der Waals surface area (Å²) in [7, 11) is 0. The van der Waals surface area contributed by atoms with Gasteiger partial charge in [-0.2, -0.15) is 0 Å². The molecule has 0 spiro atoms. The average molecular weight is 323 g/mol. The fraction of sp³-hybridized carbons (Fsp3) is 0.167. The zero-order valence-corrected chi connectivity index (χ0v) is 13.1. The molecule has 0 N–H and O–H groups in total. The Hall–Kier alpha value is -2.27. The summed E-state index contributed by atoms with van der Waals surface area (Å²) in [4.78, 5) is 8.82. The molecule has 2 aliphatic heterocycles. The molecule has 0 amide bonds. The van der Waals surface area contributed by atoms with Crippen LogP contribution in [0.2, 0.25) is 0 Å². The molecule has 3 nitrogen and oxygen atoms in total. The van der Waals surface area contributed by atoms with Crippen LogP contribution in [-0.2, 0) is 0 Å². The van der Waals surface area contributed by atoms with E-state index in [0.717, 1.165) is 23.5 Å². The minimum Gasteiger partial charge on any atom is -0.339 e. The van der Waals surface area contributed by atoms with Crippen molar-refractivity contribution < 1.29 is 4.39 Å². The highest BCUT2D eigenvalue weighted by atomic mass is 32.2. The summed E-state index contributed by atoms with van der Waals surface area (Å²) >= 11 is 1.72. The highest BCUT2D eigenvalue weighted by molar-refractivity contribution is 7.99. The lowest BCUT2D eigenvalue weighted by atomic mass is 9.95. The van der Waals surface area contributed by atoms with Crippen LogP contribution >= 0.6 is 11.8 Å². The van der Waals surface area contributed by atoms with E-state index in [4.69, 9.17) is 0 Å². The Labute approximate surface area is 137 Å². The number of hydrogen-bond acceptors (Lipinski definition) is 3. The first kappa shape index (κ1) is 13.2. The topological polar surface area (TPSA) is 21.1 Å². The van der Waals surface area contributed by atoms with Gasteiger partial charge in [-0.15, -0.1) is 0 Å². The summed E-state index contributed by atoms with van der Waals surface area (Å²) in [6, 6.07) is 11.8. The largest absolute Gasteiger partial charge is 0.339 e. The van der Waals surface area contributed by atoms with Gasteiger partial charge in [0.2, 0.25) is 0 Å². The monoisotopic (exact) mass is 323 g/mol. The smallest absolute Gasteiger partial charge is 0.125 e. The van der Waals surface area contributed by atoms with Gasteiger partial charge in [0.1, 0.15) is 5.82 Å². The number of hydrogen-bond donors (Lipinski definition) is 0. The Kier molecular flexibility index (Phi) is 2.79. The van der Waals surface area contributed by atoms with Gasteiger partial charge < -0.3 is 9.47 Å². The van der Waals surface area contributed by atoms with Gasteiger partial charge in [-0.05, 0) is 36.2 Å². The van der Waals surface area contributed by atoms with Crippen molar-refractivity contribution in [3.8, 4) is 0 Å². The van der Waals surface area contributed by atoms with Crippen LogP contribution in [-0.4, -0.2) is 16.1 Å². The number of imidazole rings is 1. The maximum absolute atomic E-state index is 13.8. The summed E-state index contributed by atoms with van der Waals surface area (Å²) in [5.41, 5.74) is 3.49. The van der Waals surface area contributed by atoms with E-state index in [0.29, 0.717) is 6.04 Å². The van der Waals surface area contributed by atoms with E-state index in [1.165, 1.54) is 16.1 Å². The van der Waals surface area contributed by atoms with Crippen molar-refractivity contribution in [3.63, 3.8) is 0 Å². The maximum Gasteiger partial charge on any atom is 0.125 e. The Morgan fingerprint density at radius 2 is 2.13 bits per heavy atom. The van der Waals surface area contributed by atoms with E-state index >= 15 is 0 Å². The summed E-state index contributed by atoms with van der Waals surface area (Å²) in [6.07, 6.45) is 6.70. The molecule has 5 rings (SSSR count). The molecule has 5 heteroatoms. The number of fused-ring (bicyclic) bond motifs is 2. The molecule has 0 aliphatic carbocycles. The van der Waals surface area contributed by atoms with Crippen molar-refractivity contribution in [2.75, 3.05) is 11.4 Å². The number of rotatable bonds is 1. The number of halogens is 1. The first-order valence-corrected chi connectivity index (χ1v) is 8.48. The predicted octanol–water partition coefficient (Wildman–Crippen LogP) is 4.62. The van der Waals surface area contributed by atoms with Gasteiger partial charge in [-0.1, -0.05) is 23.9 Å². The molecule has 23 heavy (non-hydrogen) atoms. The van der Waals surface area contributed by atoms with E-state index in [2.05, 4.69) is 32.7 Å². The van der Waals surface area contributed by atoms with E-state index < -0.39 is 0 Å². The number of nitrogens with zero attached hydrogens (tertiary/aromatic N) is 3. The quantitative estimate of drug-likeness (QED) is 0.652. The van der Waals surface area contributed by atoms with Gasteiger partial charge >= 0.3 is 0 Å². The molecule has 0 radical (unpaired) electrons. The standard InChI is InChI=1S/C18H14FN3S/c19-12-4-5-16-15(10-12)22-8-6-14(21-9-7-20-11-21)13-2-1-3-17(23-16)18(13)22/h1-5,7,9-11,14H,6,8H2. The van der Waals surface area contributed by atoms with E-state index in [1.54, 1.807) is 23.9 Å². The molecule has 1 aromatic heterocycles. The summed E-state index contributed by atoms with van der Waals surface area (Å²) in [5, 5.41) is 0. The summed E-state index contributed by atoms with van der Waals surface area (Å²) in [6.45, 7) is 0.879. The average Bonchev–Trinajstić information content (AvgIpc) is 3.10. The van der Waals surface area contributed by atoms with Crippen molar-refractivity contribution in [1.82, 2.24) is 9.55 Å². The first-order chi connectivity index (χ1) is 11.3. The zero-order chi connectivity index (χ0) is 15.4. The van der Waals surface area contributed by atoms with Gasteiger partial charge in [-0.25, -0.2) is 9.37 Å². The second-order valence-electron chi connectivity index (χ2n) is 5.87. The highest BCUT2D eigenvalue weighted by Crippen LogP contribution is 2.53. The zero-order valence-electron chi connectivity index (χ0n) is 12.3. The molecule has 2 aliphatic rings. The van der Waals surface area contributed by atoms with Crippen molar-refractivity contribution >= 4 is 23.1 Å². The molecule has 0 saturated heterocycles. The molecule has 1 atom stereocenters. The number of aromatic nitrogens is 2. The van der Waals surface area contributed by atoms with Gasteiger partial charge in [0.05, 0.1) is 23.7 Å². The van der Waals surface area contributed by atoms with Crippen molar-refractivity contribution in [2.24, 2.45) is 0 Å². The van der Waals surface area contributed by atoms with Crippen LogP contribution in [0.4, 0.5) is 15.8 Å². The molecular formula is C18H14FN3S. The van der Waals surface area contributed by atoms with Gasteiger partial charge in [0.15, 0.2) is 0 Å². The molecule has 3 aromatic rings. The number of para-hydroxylation sites is 1. The normalized spacial score (nSPS) is 18.5. The maximum atomic E-state index is 13.8. The van der Waals surface area contributed by atoms with Crippen molar-refractivity contribution in [3.05, 3.63) is 66.5 Å². The second kappa shape index (κ2) is 4.86. The Morgan fingerprint density at radius 1 is 1.17 bits per heavy atom. The van der Waals surface area contributed by atoms with Crippen molar-refractivity contribution in [1.29, 1.82) is 0 Å². The molecule has 0 bridgehead atoms. The number of benzene rings is 2. The van der Waals surface area contributed by atoms with E-state index in [-0.39, 0.29) is 5.82 Å². The van der Waals surface area contributed by atoms with Crippen LogP contribution in [0, 0.1) is 5.82 Å².